The molecule has 0 saturated carbocycles. The summed E-state index contributed by atoms with van der Waals surface area (Å²) in [7, 11) is 0. The minimum absolute atomic E-state index is 0.109. The lowest BCUT2D eigenvalue weighted by molar-refractivity contribution is -0.284. The highest BCUT2D eigenvalue weighted by molar-refractivity contribution is 6.03. The lowest BCUT2D eigenvalue weighted by Gasteiger charge is -2.14. The second kappa shape index (κ2) is 7.61. The average molecular weight is 332 g/mol. The number of carbonyl (C=O) groups excluding carboxylic acids is 3. The fraction of sp³-hybridized carbons (Fsp3) is 0.357. The molecular formula is C14H13F3NO5-. The number of benzene rings is 1. The summed E-state index contributed by atoms with van der Waals surface area (Å²) in [6, 6.07) is 4.58. The summed E-state index contributed by atoms with van der Waals surface area (Å²) in [6.07, 6.45) is -6.02. The second-order valence-electron chi connectivity index (χ2n) is 4.71. The monoisotopic (exact) mass is 332 g/mol. The summed E-state index contributed by atoms with van der Waals surface area (Å²) in [5, 5.41) is 12.1. The molecule has 0 spiro atoms. The van der Waals surface area contributed by atoms with Crippen LogP contribution in [0.25, 0.3) is 0 Å². The van der Waals surface area contributed by atoms with E-state index < -0.39 is 24.5 Å². The van der Waals surface area contributed by atoms with Crippen molar-refractivity contribution in [2.45, 2.75) is 26.1 Å². The van der Waals surface area contributed by atoms with Crippen LogP contribution in [0.3, 0.4) is 0 Å². The van der Waals surface area contributed by atoms with Crippen molar-refractivity contribution in [3.8, 4) is 0 Å². The van der Waals surface area contributed by atoms with Crippen molar-refractivity contribution in [2.75, 3.05) is 0 Å². The minimum atomic E-state index is -4.52. The van der Waals surface area contributed by atoms with E-state index in [0.29, 0.717) is 6.42 Å². The van der Waals surface area contributed by atoms with Gasteiger partial charge >= 0.3 is 6.18 Å². The topological polar surface area (TPSA) is 95.5 Å². The zero-order chi connectivity index (χ0) is 17.6. The molecule has 1 aromatic carbocycles. The number of hydrogen-bond donors (Lipinski definition) is 1. The average Bonchev–Trinajstić information content (AvgIpc) is 2.73. The molecular weight excluding hydrogens is 319 g/mol. The highest BCUT2D eigenvalue weighted by atomic mass is 19.4. The Morgan fingerprint density at radius 3 is 2.35 bits per heavy atom. The highest BCUT2D eigenvalue weighted by Gasteiger charge is 2.32. The summed E-state index contributed by atoms with van der Waals surface area (Å²) in [6.45, 7) is 1.07. The summed E-state index contributed by atoms with van der Waals surface area (Å²) in [4.78, 5) is 30.7. The SMILES string of the molecule is CC1CC(=O)NC1=O.O=C([O-])OCc1ccccc1C(F)(F)F. The predicted molar refractivity (Wildman–Crippen MR) is 68.6 cm³/mol. The molecule has 0 aliphatic carbocycles. The van der Waals surface area contributed by atoms with Crippen LogP contribution in [0.4, 0.5) is 18.0 Å². The van der Waals surface area contributed by atoms with Crippen LogP contribution in [0.2, 0.25) is 0 Å². The Labute approximate surface area is 129 Å². The van der Waals surface area contributed by atoms with Gasteiger partial charge in [0.05, 0.1) is 12.2 Å². The fourth-order valence-corrected chi connectivity index (χ4v) is 1.74. The molecule has 0 bridgehead atoms. The maximum atomic E-state index is 12.4. The van der Waals surface area contributed by atoms with E-state index in [-0.39, 0.29) is 23.3 Å². The molecule has 1 fully saturated rings. The number of rotatable bonds is 2. The Morgan fingerprint density at radius 2 is 1.96 bits per heavy atom. The first-order valence-electron chi connectivity index (χ1n) is 6.43. The van der Waals surface area contributed by atoms with E-state index in [1.165, 1.54) is 12.1 Å². The predicted octanol–water partition coefficient (Wildman–Crippen LogP) is 1.23. The van der Waals surface area contributed by atoms with Gasteiger partial charge in [0, 0.05) is 12.3 Å². The van der Waals surface area contributed by atoms with Gasteiger partial charge in [0.2, 0.25) is 11.8 Å². The van der Waals surface area contributed by atoms with Gasteiger partial charge in [-0.25, -0.2) is 0 Å². The van der Waals surface area contributed by atoms with Crippen LogP contribution in [-0.4, -0.2) is 18.0 Å². The van der Waals surface area contributed by atoms with E-state index in [0.717, 1.165) is 12.1 Å². The molecule has 6 nitrogen and oxygen atoms in total. The third-order valence-corrected chi connectivity index (χ3v) is 2.87. The quantitative estimate of drug-likeness (QED) is 0.649. The van der Waals surface area contributed by atoms with E-state index in [2.05, 4.69) is 10.1 Å². The largest absolute Gasteiger partial charge is 0.545 e. The van der Waals surface area contributed by atoms with Crippen molar-refractivity contribution in [2.24, 2.45) is 5.92 Å². The zero-order valence-electron chi connectivity index (χ0n) is 12.0. The van der Waals surface area contributed by atoms with Crippen molar-refractivity contribution in [1.82, 2.24) is 5.32 Å². The van der Waals surface area contributed by atoms with Gasteiger partial charge in [-0.15, -0.1) is 0 Å². The Hall–Kier alpha value is -2.58. The fourth-order valence-electron chi connectivity index (χ4n) is 1.74. The summed E-state index contributed by atoms with van der Waals surface area (Å²) in [5.74, 6) is -0.403. The number of ether oxygens (including phenoxy) is 1. The molecule has 1 aliphatic rings. The Morgan fingerprint density at radius 1 is 1.35 bits per heavy atom. The summed E-state index contributed by atoms with van der Waals surface area (Å²) >= 11 is 0. The standard InChI is InChI=1S/C9H7F3O3.C5H7NO2/c10-9(11,12)7-4-2-1-3-6(7)5-15-8(13)14;1-3-2-4(7)6-5(3)8/h1-4H,5H2,(H,13,14);3H,2H2,1H3,(H,6,7,8)/p-1. The van der Waals surface area contributed by atoms with Crippen LogP contribution in [0.1, 0.15) is 24.5 Å². The number of nitrogens with one attached hydrogen (secondary N) is 1. The maximum absolute atomic E-state index is 12.4. The molecule has 0 radical (unpaired) electrons. The molecule has 0 aromatic heterocycles. The highest BCUT2D eigenvalue weighted by Crippen LogP contribution is 2.32. The van der Waals surface area contributed by atoms with Crippen LogP contribution >= 0.6 is 0 Å². The number of imide groups is 1. The zero-order valence-corrected chi connectivity index (χ0v) is 12.0. The molecule has 23 heavy (non-hydrogen) atoms. The normalized spacial score (nSPS) is 17.1. The first-order valence-corrected chi connectivity index (χ1v) is 6.43. The van der Waals surface area contributed by atoms with Crippen molar-refractivity contribution >= 4 is 18.0 Å². The third kappa shape index (κ3) is 5.97. The number of carbonyl (C=O) groups is 3. The van der Waals surface area contributed by atoms with Gasteiger partial charge in [-0.05, 0) is 11.6 Å². The van der Waals surface area contributed by atoms with Gasteiger partial charge in [0.25, 0.3) is 6.16 Å². The van der Waals surface area contributed by atoms with Crippen molar-refractivity contribution < 1.29 is 37.4 Å². The molecule has 9 heteroatoms. The smallest absolute Gasteiger partial charge is 0.416 e. The van der Waals surface area contributed by atoms with Crippen molar-refractivity contribution in [1.29, 1.82) is 0 Å². The molecule has 1 aromatic rings. The van der Waals surface area contributed by atoms with Crippen LogP contribution in [0, 0.1) is 5.92 Å². The van der Waals surface area contributed by atoms with E-state index in [1.54, 1.807) is 6.92 Å². The van der Waals surface area contributed by atoms with Crippen molar-refractivity contribution in [3.05, 3.63) is 35.4 Å². The van der Waals surface area contributed by atoms with Gasteiger partial charge in [0.15, 0.2) is 0 Å². The molecule has 1 unspecified atom stereocenters. The van der Waals surface area contributed by atoms with E-state index in [4.69, 9.17) is 0 Å². The van der Waals surface area contributed by atoms with Gasteiger partial charge in [-0.3, -0.25) is 14.9 Å². The Balaban J connectivity index is 0.000000277. The van der Waals surface area contributed by atoms with Crippen LogP contribution in [-0.2, 0) is 27.1 Å². The van der Waals surface area contributed by atoms with Gasteiger partial charge in [0.1, 0.15) is 0 Å². The lowest BCUT2D eigenvalue weighted by Crippen LogP contribution is -2.23. The Kier molecular flexibility index (Phi) is 6.11. The van der Waals surface area contributed by atoms with Gasteiger partial charge in [-0.1, -0.05) is 25.1 Å². The Bertz CT molecular complexity index is 600. The summed E-state index contributed by atoms with van der Waals surface area (Å²) < 4.78 is 41.0. The minimum Gasteiger partial charge on any atom is -0.545 e. The third-order valence-electron chi connectivity index (χ3n) is 2.87. The molecule has 2 amide bonds. The van der Waals surface area contributed by atoms with Crippen molar-refractivity contribution in [3.63, 3.8) is 0 Å². The van der Waals surface area contributed by atoms with E-state index >= 15 is 0 Å². The first-order chi connectivity index (χ1) is 10.6. The first kappa shape index (κ1) is 18.5. The van der Waals surface area contributed by atoms with Gasteiger partial charge < -0.3 is 14.6 Å². The van der Waals surface area contributed by atoms with Crippen LogP contribution in [0.5, 0.6) is 0 Å². The molecule has 1 atom stereocenters. The van der Waals surface area contributed by atoms with Crippen LogP contribution in [0.15, 0.2) is 24.3 Å². The molecule has 1 heterocycles. The molecule has 1 aliphatic heterocycles. The number of alkyl halides is 3. The molecule has 2 rings (SSSR count). The molecule has 126 valence electrons. The summed E-state index contributed by atoms with van der Waals surface area (Å²) in [5.41, 5.74) is -1.15. The van der Waals surface area contributed by atoms with E-state index in [1.807, 2.05) is 0 Å². The molecule has 1 saturated heterocycles. The number of hydrogen-bond acceptors (Lipinski definition) is 5. The number of amides is 2. The number of halogens is 3. The van der Waals surface area contributed by atoms with Gasteiger partial charge in [-0.2, -0.15) is 13.2 Å². The van der Waals surface area contributed by atoms with Crippen LogP contribution < -0.4 is 10.4 Å². The maximum Gasteiger partial charge on any atom is 0.416 e. The van der Waals surface area contributed by atoms with E-state index in [9.17, 15) is 32.7 Å². The second-order valence-corrected chi connectivity index (χ2v) is 4.71. The number of carboxylic acid groups (broad SMARTS) is 1. The lowest BCUT2D eigenvalue weighted by atomic mass is 10.1. The molecule has 1 N–H and O–H groups in total.